The summed E-state index contributed by atoms with van der Waals surface area (Å²) in [7, 11) is 1.71. The smallest absolute Gasteiger partial charge is 0.227 e. The molecule has 1 unspecified atom stereocenters. The average Bonchev–Trinajstić information content (AvgIpc) is 3.19. The molecule has 0 saturated heterocycles. The first-order chi connectivity index (χ1) is 16.2. The largest absolute Gasteiger partial charge is 0.439 e. The van der Waals surface area contributed by atoms with E-state index in [0.717, 1.165) is 60.8 Å². The molecule has 0 bridgehead atoms. The minimum Gasteiger partial charge on any atom is -0.439 e. The molecule has 33 heavy (non-hydrogen) atoms. The minimum atomic E-state index is -0.366. The molecule has 1 atom stereocenters. The standard InChI is InChI=1S/C27H37N3O3/c1-4-6-15-23(31)20-29(18-19-32-3)21-25-26(5-2)28-30(22-13-9-7-10-14-22)27(25)33-24-16-11-8-12-17-24/h7-14,16-17,23,31H,4-6,15,18-21H2,1-3H3. The van der Waals surface area contributed by atoms with Gasteiger partial charge >= 0.3 is 0 Å². The highest BCUT2D eigenvalue weighted by Crippen LogP contribution is 2.32. The lowest BCUT2D eigenvalue weighted by Crippen LogP contribution is -2.34. The van der Waals surface area contributed by atoms with Crippen LogP contribution in [0.1, 0.15) is 44.4 Å². The van der Waals surface area contributed by atoms with E-state index in [9.17, 15) is 5.11 Å². The molecule has 178 valence electrons. The molecule has 1 heterocycles. The topological polar surface area (TPSA) is 59.8 Å². The number of benzene rings is 2. The Morgan fingerprint density at radius 1 is 1.03 bits per heavy atom. The highest BCUT2D eigenvalue weighted by atomic mass is 16.5. The van der Waals surface area contributed by atoms with Crippen LogP contribution in [0.5, 0.6) is 11.6 Å². The van der Waals surface area contributed by atoms with Gasteiger partial charge in [-0.15, -0.1) is 0 Å². The average molecular weight is 452 g/mol. The predicted molar refractivity (Wildman–Crippen MR) is 132 cm³/mol. The Balaban J connectivity index is 1.97. The number of aliphatic hydroxyl groups excluding tert-OH is 1. The quantitative estimate of drug-likeness (QED) is 0.364. The number of ether oxygens (including phenoxy) is 2. The Labute approximate surface area is 197 Å². The summed E-state index contributed by atoms with van der Waals surface area (Å²) in [6.07, 6.45) is 3.32. The number of methoxy groups -OCH3 is 1. The molecule has 3 aromatic rings. The lowest BCUT2D eigenvalue weighted by atomic mass is 10.1. The molecule has 1 aromatic heterocycles. The fraction of sp³-hybridized carbons (Fsp3) is 0.444. The summed E-state index contributed by atoms with van der Waals surface area (Å²) in [6, 6.07) is 19.9. The van der Waals surface area contributed by atoms with E-state index in [4.69, 9.17) is 14.6 Å². The van der Waals surface area contributed by atoms with Crippen molar-refractivity contribution in [1.29, 1.82) is 0 Å². The zero-order chi connectivity index (χ0) is 23.5. The lowest BCUT2D eigenvalue weighted by Gasteiger charge is -2.25. The molecular weight excluding hydrogens is 414 g/mol. The van der Waals surface area contributed by atoms with Gasteiger partial charge < -0.3 is 14.6 Å². The second kappa shape index (κ2) is 13.1. The first-order valence-electron chi connectivity index (χ1n) is 11.9. The summed E-state index contributed by atoms with van der Waals surface area (Å²) in [5, 5.41) is 15.5. The van der Waals surface area contributed by atoms with E-state index in [-0.39, 0.29) is 6.10 Å². The van der Waals surface area contributed by atoms with Crippen molar-refractivity contribution in [2.45, 2.75) is 52.2 Å². The van der Waals surface area contributed by atoms with Gasteiger partial charge in [0.1, 0.15) is 5.75 Å². The first kappa shape index (κ1) is 25.0. The van der Waals surface area contributed by atoms with Crippen molar-refractivity contribution >= 4 is 0 Å². The highest BCUT2D eigenvalue weighted by Gasteiger charge is 2.23. The molecule has 0 aliphatic rings. The maximum absolute atomic E-state index is 10.6. The van der Waals surface area contributed by atoms with Gasteiger partial charge in [-0.2, -0.15) is 5.10 Å². The normalized spacial score (nSPS) is 12.3. The second-order valence-corrected chi connectivity index (χ2v) is 8.27. The number of para-hydroxylation sites is 2. The van der Waals surface area contributed by atoms with Gasteiger partial charge in [0.15, 0.2) is 0 Å². The van der Waals surface area contributed by atoms with Gasteiger partial charge in [-0.25, -0.2) is 4.68 Å². The maximum atomic E-state index is 10.6. The number of aromatic nitrogens is 2. The summed E-state index contributed by atoms with van der Waals surface area (Å²) in [6.45, 7) is 6.81. The van der Waals surface area contributed by atoms with Gasteiger partial charge in [0.2, 0.25) is 5.88 Å². The molecule has 0 aliphatic carbocycles. The van der Waals surface area contributed by atoms with E-state index in [2.05, 4.69) is 18.7 Å². The van der Waals surface area contributed by atoms with Crippen molar-refractivity contribution in [2.24, 2.45) is 0 Å². The number of aliphatic hydroxyl groups is 1. The molecule has 2 aromatic carbocycles. The molecule has 0 saturated carbocycles. The Kier molecular flexibility index (Phi) is 9.94. The Hall–Kier alpha value is -2.67. The lowest BCUT2D eigenvalue weighted by molar-refractivity contribution is 0.0786. The maximum Gasteiger partial charge on any atom is 0.227 e. The molecule has 0 aliphatic heterocycles. The third-order valence-corrected chi connectivity index (χ3v) is 5.67. The second-order valence-electron chi connectivity index (χ2n) is 8.27. The van der Waals surface area contributed by atoms with E-state index in [1.165, 1.54) is 0 Å². The minimum absolute atomic E-state index is 0.366. The van der Waals surface area contributed by atoms with Crippen molar-refractivity contribution in [3.8, 4) is 17.3 Å². The van der Waals surface area contributed by atoms with Crippen molar-refractivity contribution in [3.63, 3.8) is 0 Å². The molecule has 3 rings (SSSR count). The summed E-state index contributed by atoms with van der Waals surface area (Å²) >= 11 is 0. The zero-order valence-corrected chi connectivity index (χ0v) is 20.1. The Bertz CT molecular complexity index is 944. The van der Waals surface area contributed by atoms with E-state index < -0.39 is 0 Å². The molecule has 0 amide bonds. The van der Waals surface area contributed by atoms with Crippen LogP contribution >= 0.6 is 0 Å². The molecule has 6 heteroatoms. The number of rotatable bonds is 14. The fourth-order valence-corrected chi connectivity index (χ4v) is 3.88. The van der Waals surface area contributed by atoms with Gasteiger partial charge in [-0.05, 0) is 37.1 Å². The number of hydrogen-bond acceptors (Lipinski definition) is 5. The van der Waals surface area contributed by atoms with Gasteiger partial charge in [-0.3, -0.25) is 4.90 Å². The van der Waals surface area contributed by atoms with Crippen LogP contribution in [0.15, 0.2) is 60.7 Å². The molecular formula is C27H37N3O3. The SMILES string of the molecule is CCCCC(O)CN(CCOC)Cc1c(CC)nn(-c2ccccc2)c1Oc1ccccc1. The summed E-state index contributed by atoms with van der Waals surface area (Å²) in [5.41, 5.74) is 3.00. The van der Waals surface area contributed by atoms with Gasteiger partial charge in [0.05, 0.1) is 29.7 Å². The van der Waals surface area contributed by atoms with Gasteiger partial charge in [-0.1, -0.05) is 63.1 Å². The van der Waals surface area contributed by atoms with Crippen LogP contribution in [0, 0.1) is 0 Å². The van der Waals surface area contributed by atoms with Crippen LogP contribution in [-0.2, 0) is 17.7 Å². The molecule has 6 nitrogen and oxygen atoms in total. The molecule has 0 radical (unpaired) electrons. The summed E-state index contributed by atoms with van der Waals surface area (Å²) in [4.78, 5) is 2.24. The number of unbranched alkanes of at least 4 members (excludes halogenated alkanes) is 1. The monoisotopic (exact) mass is 451 g/mol. The predicted octanol–water partition coefficient (Wildman–Crippen LogP) is 5.23. The molecule has 0 spiro atoms. The number of hydrogen-bond donors (Lipinski definition) is 1. The van der Waals surface area contributed by atoms with Crippen LogP contribution in [-0.4, -0.2) is 52.7 Å². The van der Waals surface area contributed by atoms with Crippen molar-refractivity contribution in [3.05, 3.63) is 71.9 Å². The zero-order valence-electron chi connectivity index (χ0n) is 20.1. The van der Waals surface area contributed by atoms with Crippen molar-refractivity contribution < 1.29 is 14.6 Å². The van der Waals surface area contributed by atoms with Crippen LogP contribution < -0.4 is 4.74 Å². The van der Waals surface area contributed by atoms with E-state index in [1.807, 2.05) is 65.3 Å². The van der Waals surface area contributed by atoms with Gasteiger partial charge in [0, 0.05) is 26.7 Å². The number of aryl methyl sites for hydroxylation is 1. The van der Waals surface area contributed by atoms with Gasteiger partial charge in [0.25, 0.3) is 0 Å². The first-order valence-corrected chi connectivity index (χ1v) is 11.9. The van der Waals surface area contributed by atoms with E-state index >= 15 is 0 Å². The van der Waals surface area contributed by atoms with Crippen LogP contribution in [0.4, 0.5) is 0 Å². The molecule has 1 N–H and O–H groups in total. The summed E-state index contributed by atoms with van der Waals surface area (Å²) in [5.74, 6) is 1.49. The molecule has 0 fully saturated rings. The van der Waals surface area contributed by atoms with E-state index in [1.54, 1.807) is 7.11 Å². The fourth-order valence-electron chi connectivity index (χ4n) is 3.88. The third-order valence-electron chi connectivity index (χ3n) is 5.67. The van der Waals surface area contributed by atoms with Crippen molar-refractivity contribution in [2.75, 3.05) is 26.8 Å². The van der Waals surface area contributed by atoms with Crippen LogP contribution in [0.3, 0.4) is 0 Å². The Morgan fingerprint density at radius 2 is 1.73 bits per heavy atom. The van der Waals surface area contributed by atoms with Crippen molar-refractivity contribution in [1.82, 2.24) is 14.7 Å². The van der Waals surface area contributed by atoms with E-state index in [0.29, 0.717) is 19.7 Å². The third kappa shape index (κ3) is 7.16. The highest BCUT2D eigenvalue weighted by molar-refractivity contribution is 5.43. The van der Waals surface area contributed by atoms with Crippen LogP contribution in [0.2, 0.25) is 0 Å². The summed E-state index contributed by atoms with van der Waals surface area (Å²) < 4.78 is 13.7. The van der Waals surface area contributed by atoms with Crippen LogP contribution in [0.25, 0.3) is 5.69 Å². The Morgan fingerprint density at radius 3 is 2.36 bits per heavy atom. The number of nitrogens with zero attached hydrogens (tertiary/aromatic N) is 3.